The van der Waals surface area contributed by atoms with Gasteiger partial charge in [0, 0.05) is 16.6 Å². The van der Waals surface area contributed by atoms with Crippen molar-refractivity contribution in [3.8, 4) is 11.4 Å². The van der Waals surface area contributed by atoms with Crippen LogP contribution in [0.4, 0.5) is 11.5 Å². The minimum atomic E-state index is -0.0127. The zero-order valence-electron chi connectivity index (χ0n) is 13.6. The predicted molar refractivity (Wildman–Crippen MR) is 101 cm³/mol. The Morgan fingerprint density at radius 3 is 2.24 bits per heavy atom. The van der Waals surface area contributed by atoms with E-state index < -0.39 is 0 Å². The van der Waals surface area contributed by atoms with Crippen molar-refractivity contribution in [2.45, 2.75) is 6.61 Å². The van der Waals surface area contributed by atoms with Gasteiger partial charge in [0.05, 0.1) is 12.1 Å². The van der Waals surface area contributed by atoms with Crippen molar-refractivity contribution in [1.82, 2.24) is 9.97 Å². The lowest BCUT2D eigenvalue weighted by molar-refractivity contribution is 0.282. The number of fused-ring (bicyclic) bond motifs is 1. The average Bonchev–Trinajstić information content (AvgIpc) is 2.69. The molecule has 2 N–H and O–H groups in total. The zero-order chi connectivity index (χ0) is 17.1. The summed E-state index contributed by atoms with van der Waals surface area (Å²) < 4.78 is 0. The molecule has 0 amide bonds. The van der Waals surface area contributed by atoms with Crippen molar-refractivity contribution >= 4 is 22.4 Å². The van der Waals surface area contributed by atoms with Gasteiger partial charge in [-0.05, 0) is 29.8 Å². The van der Waals surface area contributed by atoms with Crippen molar-refractivity contribution in [2.24, 2.45) is 0 Å². The highest BCUT2D eigenvalue weighted by Gasteiger charge is 2.10. The number of benzene rings is 3. The van der Waals surface area contributed by atoms with Crippen molar-refractivity contribution < 1.29 is 5.11 Å². The molecule has 0 saturated heterocycles. The molecule has 0 fully saturated rings. The molecule has 0 bridgehead atoms. The molecule has 0 radical (unpaired) electrons. The molecule has 0 unspecified atom stereocenters. The monoisotopic (exact) mass is 327 g/mol. The third-order valence-corrected chi connectivity index (χ3v) is 4.01. The maximum absolute atomic E-state index is 9.45. The first-order valence-electron chi connectivity index (χ1n) is 8.12. The third-order valence-electron chi connectivity index (χ3n) is 4.01. The van der Waals surface area contributed by atoms with Gasteiger partial charge in [0.25, 0.3) is 0 Å². The van der Waals surface area contributed by atoms with E-state index >= 15 is 0 Å². The van der Waals surface area contributed by atoms with Gasteiger partial charge in [-0.25, -0.2) is 9.97 Å². The summed E-state index contributed by atoms with van der Waals surface area (Å²) in [7, 11) is 0. The van der Waals surface area contributed by atoms with Gasteiger partial charge in [-0.3, -0.25) is 0 Å². The number of aromatic nitrogens is 2. The standard InChI is InChI=1S/C21H17N3O/c25-14-15-11-12-19-18(13-15)21(22-17-9-5-2-6-10-17)24-20(23-19)16-7-3-1-4-8-16/h1-13,25H,14H2,(H,22,23,24). The van der Waals surface area contributed by atoms with E-state index in [4.69, 9.17) is 9.97 Å². The van der Waals surface area contributed by atoms with Crippen molar-refractivity contribution in [3.63, 3.8) is 0 Å². The van der Waals surface area contributed by atoms with Crippen LogP contribution in [-0.4, -0.2) is 15.1 Å². The molecule has 0 aliphatic rings. The summed E-state index contributed by atoms with van der Waals surface area (Å²) in [5.41, 5.74) is 3.59. The fraction of sp³-hybridized carbons (Fsp3) is 0.0476. The van der Waals surface area contributed by atoms with Gasteiger partial charge in [-0.2, -0.15) is 0 Å². The van der Waals surface area contributed by atoms with E-state index in [9.17, 15) is 5.11 Å². The third kappa shape index (κ3) is 3.20. The first-order valence-corrected chi connectivity index (χ1v) is 8.12. The quantitative estimate of drug-likeness (QED) is 0.578. The van der Waals surface area contributed by atoms with Crippen LogP contribution in [0.15, 0.2) is 78.9 Å². The summed E-state index contributed by atoms with van der Waals surface area (Å²) in [6.45, 7) is -0.0127. The minimum absolute atomic E-state index is 0.0127. The highest BCUT2D eigenvalue weighted by Crippen LogP contribution is 2.28. The number of hydrogen-bond donors (Lipinski definition) is 2. The van der Waals surface area contributed by atoms with Crippen LogP contribution in [0.1, 0.15) is 5.56 Å². The van der Waals surface area contributed by atoms with Crippen LogP contribution >= 0.6 is 0 Å². The van der Waals surface area contributed by atoms with Crippen molar-refractivity contribution in [2.75, 3.05) is 5.32 Å². The highest BCUT2D eigenvalue weighted by molar-refractivity contribution is 5.92. The topological polar surface area (TPSA) is 58.0 Å². The molecule has 0 aliphatic heterocycles. The Labute approximate surface area is 145 Å². The summed E-state index contributed by atoms with van der Waals surface area (Å²) in [6.07, 6.45) is 0. The molecule has 25 heavy (non-hydrogen) atoms. The van der Waals surface area contributed by atoms with E-state index in [2.05, 4.69) is 5.32 Å². The molecule has 1 heterocycles. The van der Waals surface area contributed by atoms with Gasteiger partial charge in [-0.15, -0.1) is 0 Å². The number of nitrogens with one attached hydrogen (secondary N) is 1. The Kier molecular flexibility index (Phi) is 4.11. The number of rotatable bonds is 4. The van der Waals surface area contributed by atoms with Crippen LogP contribution in [-0.2, 0) is 6.61 Å². The Hall–Kier alpha value is -3.24. The van der Waals surface area contributed by atoms with Gasteiger partial charge >= 0.3 is 0 Å². The zero-order valence-corrected chi connectivity index (χ0v) is 13.6. The summed E-state index contributed by atoms with van der Waals surface area (Å²) in [4.78, 5) is 9.43. The van der Waals surface area contributed by atoms with Gasteiger partial charge in [0.2, 0.25) is 0 Å². The van der Waals surface area contributed by atoms with E-state index in [1.807, 2.05) is 78.9 Å². The van der Waals surface area contributed by atoms with E-state index in [0.29, 0.717) is 5.82 Å². The molecule has 0 saturated carbocycles. The van der Waals surface area contributed by atoms with Crippen LogP contribution in [0.2, 0.25) is 0 Å². The van der Waals surface area contributed by atoms with Crippen LogP contribution < -0.4 is 5.32 Å². The molecule has 4 rings (SSSR count). The van der Waals surface area contributed by atoms with Gasteiger partial charge in [0.1, 0.15) is 5.82 Å². The van der Waals surface area contributed by atoms with E-state index in [1.165, 1.54) is 0 Å². The number of nitrogens with zero attached hydrogens (tertiary/aromatic N) is 2. The number of anilines is 2. The maximum Gasteiger partial charge on any atom is 0.162 e. The van der Waals surface area contributed by atoms with Crippen LogP contribution in [0.5, 0.6) is 0 Å². The van der Waals surface area contributed by atoms with Crippen molar-refractivity contribution in [1.29, 1.82) is 0 Å². The average molecular weight is 327 g/mol. The molecular weight excluding hydrogens is 310 g/mol. The summed E-state index contributed by atoms with van der Waals surface area (Å²) in [6, 6.07) is 25.6. The Bertz CT molecular complexity index is 1000. The lowest BCUT2D eigenvalue weighted by Crippen LogP contribution is -2.00. The van der Waals surface area contributed by atoms with Gasteiger partial charge < -0.3 is 10.4 Å². The lowest BCUT2D eigenvalue weighted by atomic mass is 10.1. The fourth-order valence-electron chi connectivity index (χ4n) is 2.74. The normalized spacial score (nSPS) is 10.8. The number of aliphatic hydroxyl groups is 1. The van der Waals surface area contributed by atoms with Crippen LogP contribution in [0.25, 0.3) is 22.3 Å². The van der Waals surface area contributed by atoms with E-state index in [0.717, 1.165) is 33.5 Å². The van der Waals surface area contributed by atoms with Crippen molar-refractivity contribution in [3.05, 3.63) is 84.4 Å². The lowest BCUT2D eigenvalue weighted by Gasteiger charge is -2.12. The predicted octanol–water partition coefficient (Wildman–Crippen LogP) is 4.53. The molecule has 0 atom stereocenters. The number of hydrogen-bond acceptors (Lipinski definition) is 4. The highest BCUT2D eigenvalue weighted by atomic mass is 16.3. The smallest absolute Gasteiger partial charge is 0.162 e. The van der Waals surface area contributed by atoms with E-state index in [1.54, 1.807) is 0 Å². The molecule has 4 heteroatoms. The Morgan fingerprint density at radius 2 is 1.52 bits per heavy atom. The minimum Gasteiger partial charge on any atom is -0.392 e. The molecule has 1 aromatic heterocycles. The van der Waals surface area contributed by atoms with Gasteiger partial charge in [-0.1, -0.05) is 54.6 Å². The SMILES string of the molecule is OCc1ccc2nc(-c3ccccc3)nc(Nc3ccccc3)c2c1. The molecule has 0 spiro atoms. The van der Waals surface area contributed by atoms with Crippen LogP contribution in [0, 0.1) is 0 Å². The molecule has 122 valence electrons. The second-order valence-electron chi connectivity index (χ2n) is 5.76. The molecule has 0 aliphatic carbocycles. The molecule has 3 aromatic carbocycles. The first-order chi connectivity index (χ1) is 12.3. The Balaban J connectivity index is 1.89. The number of para-hydroxylation sites is 1. The second-order valence-corrected chi connectivity index (χ2v) is 5.76. The Morgan fingerprint density at radius 1 is 0.800 bits per heavy atom. The van der Waals surface area contributed by atoms with Crippen LogP contribution in [0.3, 0.4) is 0 Å². The summed E-state index contributed by atoms with van der Waals surface area (Å²) >= 11 is 0. The first kappa shape index (κ1) is 15.3. The summed E-state index contributed by atoms with van der Waals surface area (Å²) in [5.74, 6) is 1.40. The fourth-order valence-corrected chi connectivity index (χ4v) is 2.74. The maximum atomic E-state index is 9.45. The number of aliphatic hydroxyl groups excluding tert-OH is 1. The largest absolute Gasteiger partial charge is 0.392 e. The molecule has 4 aromatic rings. The second kappa shape index (κ2) is 6.71. The summed E-state index contributed by atoms with van der Waals surface area (Å²) in [5, 5.41) is 13.7. The molecular formula is C21H17N3O. The van der Waals surface area contributed by atoms with Gasteiger partial charge in [0.15, 0.2) is 5.82 Å². The molecule has 4 nitrogen and oxygen atoms in total. The van der Waals surface area contributed by atoms with E-state index in [-0.39, 0.29) is 6.61 Å².